The van der Waals surface area contributed by atoms with E-state index in [1.807, 2.05) is 23.3 Å². The summed E-state index contributed by atoms with van der Waals surface area (Å²) in [7, 11) is 0. The van der Waals surface area contributed by atoms with Crippen molar-refractivity contribution in [1.29, 1.82) is 0 Å². The van der Waals surface area contributed by atoms with Gasteiger partial charge >= 0.3 is 0 Å². The van der Waals surface area contributed by atoms with Gasteiger partial charge < -0.3 is 15.4 Å². The molecular weight excluding hydrogens is 467 g/mol. The zero-order valence-corrected chi connectivity index (χ0v) is 19.1. The summed E-state index contributed by atoms with van der Waals surface area (Å²) < 4.78 is 7.03. The minimum Gasteiger partial charge on any atom is -0.377 e. The molecular formula is C17H29IN4OS2. The van der Waals surface area contributed by atoms with Crippen LogP contribution in [0.2, 0.25) is 0 Å². The van der Waals surface area contributed by atoms with Crippen molar-refractivity contribution in [3.8, 4) is 0 Å². The number of thiazole rings is 1. The number of guanidine groups is 1. The zero-order chi connectivity index (χ0) is 17.0. The smallest absolute Gasteiger partial charge is 0.191 e. The summed E-state index contributed by atoms with van der Waals surface area (Å²) in [6.07, 6.45) is 4.49. The van der Waals surface area contributed by atoms with Crippen molar-refractivity contribution in [2.75, 3.05) is 25.4 Å². The first-order chi connectivity index (χ1) is 11.6. The number of nitrogens with zero attached hydrogens (tertiary/aromatic N) is 2. The molecule has 8 heteroatoms. The number of aliphatic imine (C=N–C) groups is 1. The van der Waals surface area contributed by atoms with E-state index in [2.05, 4.69) is 36.4 Å². The highest BCUT2D eigenvalue weighted by atomic mass is 127. The van der Waals surface area contributed by atoms with Crippen LogP contribution < -0.4 is 10.6 Å². The first-order valence-corrected chi connectivity index (χ1v) is 10.7. The minimum atomic E-state index is 0. The quantitative estimate of drug-likeness (QED) is 0.199. The van der Waals surface area contributed by atoms with Crippen LogP contribution in [-0.2, 0) is 4.74 Å². The summed E-state index contributed by atoms with van der Waals surface area (Å²) in [5, 5.41) is 9.07. The van der Waals surface area contributed by atoms with E-state index in [9.17, 15) is 0 Å². The van der Waals surface area contributed by atoms with Gasteiger partial charge in [0.1, 0.15) is 4.34 Å². The van der Waals surface area contributed by atoms with Crippen molar-refractivity contribution >= 4 is 53.0 Å². The highest BCUT2D eigenvalue weighted by Crippen LogP contribution is 2.52. The van der Waals surface area contributed by atoms with E-state index in [4.69, 9.17) is 9.73 Å². The van der Waals surface area contributed by atoms with E-state index < -0.39 is 0 Å². The number of rotatable bonds is 7. The maximum absolute atomic E-state index is 5.88. The fourth-order valence-electron chi connectivity index (χ4n) is 3.78. The number of fused-ring (bicyclic) bond motifs is 1. The van der Waals surface area contributed by atoms with Gasteiger partial charge in [0.05, 0.1) is 6.10 Å². The van der Waals surface area contributed by atoms with Crippen LogP contribution in [0.1, 0.15) is 33.6 Å². The van der Waals surface area contributed by atoms with E-state index >= 15 is 0 Å². The molecule has 1 saturated carbocycles. The first kappa shape index (κ1) is 21.2. The third kappa shape index (κ3) is 5.01. The van der Waals surface area contributed by atoms with E-state index in [-0.39, 0.29) is 29.4 Å². The van der Waals surface area contributed by atoms with Gasteiger partial charge in [0.25, 0.3) is 0 Å². The summed E-state index contributed by atoms with van der Waals surface area (Å²) in [6.45, 7) is 9.33. The van der Waals surface area contributed by atoms with Gasteiger partial charge in [-0.2, -0.15) is 0 Å². The molecule has 2 fully saturated rings. The van der Waals surface area contributed by atoms with Crippen molar-refractivity contribution in [1.82, 2.24) is 15.6 Å². The fraction of sp³-hybridized carbons (Fsp3) is 0.765. The molecule has 1 aliphatic heterocycles. The largest absolute Gasteiger partial charge is 0.377 e. The molecule has 1 saturated heterocycles. The predicted molar refractivity (Wildman–Crippen MR) is 117 cm³/mol. The molecule has 1 aliphatic carbocycles. The summed E-state index contributed by atoms with van der Waals surface area (Å²) >= 11 is 3.52. The van der Waals surface area contributed by atoms with Gasteiger partial charge in [-0.15, -0.1) is 35.3 Å². The lowest BCUT2D eigenvalue weighted by Crippen LogP contribution is -2.67. The molecule has 1 aromatic heterocycles. The second-order valence-corrected chi connectivity index (χ2v) is 9.18. The monoisotopic (exact) mass is 496 g/mol. The zero-order valence-electron chi connectivity index (χ0n) is 15.2. The van der Waals surface area contributed by atoms with Crippen LogP contribution >= 0.6 is 47.1 Å². The molecule has 0 radical (unpaired) electrons. The highest BCUT2D eigenvalue weighted by molar-refractivity contribution is 14.0. The van der Waals surface area contributed by atoms with E-state index in [1.54, 1.807) is 11.3 Å². The average Bonchev–Trinajstić information content (AvgIpc) is 3.22. The van der Waals surface area contributed by atoms with Crippen LogP contribution in [0.25, 0.3) is 0 Å². The van der Waals surface area contributed by atoms with Crippen molar-refractivity contribution in [3.63, 3.8) is 0 Å². The molecule has 0 spiro atoms. The lowest BCUT2D eigenvalue weighted by Gasteiger charge is -2.54. The van der Waals surface area contributed by atoms with Crippen molar-refractivity contribution < 1.29 is 4.74 Å². The van der Waals surface area contributed by atoms with Gasteiger partial charge in [-0.25, -0.2) is 4.98 Å². The average molecular weight is 496 g/mol. The Hall–Kier alpha value is -0.0600. The van der Waals surface area contributed by atoms with Crippen LogP contribution in [0.5, 0.6) is 0 Å². The molecule has 3 rings (SSSR count). The molecule has 0 bridgehead atoms. The van der Waals surface area contributed by atoms with Crippen LogP contribution in [0.3, 0.4) is 0 Å². The maximum Gasteiger partial charge on any atom is 0.191 e. The molecule has 0 amide bonds. The standard InChI is InChI=1S/C17H28N4OS2.HI/c1-4-18-15(19-7-5-10-23-16-20-8-11-24-16)21-13-12-6-9-22-14(12)17(13,2)3;/h8,11-14H,4-7,9-10H2,1-3H3,(H2,18,19,21);1H. The Morgan fingerprint density at radius 3 is 3.08 bits per heavy atom. The van der Waals surface area contributed by atoms with Crippen molar-refractivity contribution in [3.05, 3.63) is 11.6 Å². The van der Waals surface area contributed by atoms with Crippen LogP contribution in [0.4, 0.5) is 0 Å². The number of hydrogen-bond donors (Lipinski definition) is 2. The summed E-state index contributed by atoms with van der Waals surface area (Å²) in [6, 6.07) is 0.451. The molecule has 25 heavy (non-hydrogen) atoms. The number of hydrogen-bond acceptors (Lipinski definition) is 5. The Kier molecular flexibility index (Phi) is 8.29. The SMILES string of the molecule is CCNC(=NCCCSc1nccs1)NC1C2CCOC2C1(C)C.I. The minimum absolute atomic E-state index is 0. The van der Waals surface area contributed by atoms with Crippen LogP contribution in [0, 0.1) is 11.3 Å². The summed E-state index contributed by atoms with van der Waals surface area (Å²) in [4.78, 5) is 9.05. The molecule has 0 aromatic carbocycles. The number of aromatic nitrogens is 1. The molecule has 142 valence electrons. The van der Waals surface area contributed by atoms with Gasteiger partial charge in [0, 0.05) is 54.4 Å². The third-order valence-electron chi connectivity index (χ3n) is 4.94. The van der Waals surface area contributed by atoms with Crippen LogP contribution in [0.15, 0.2) is 20.9 Å². The lowest BCUT2D eigenvalue weighted by atomic mass is 9.57. The predicted octanol–water partition coefficient (Wildman–Crippen LogP) is 3.61. The Bertz CT molecular complexity index is 553. The van der Waals surface area contributed by atoms with Gasteiger partial charge in [-0.1, -0.05) is 25.6 Å². The number of nitrogens with one attached hydrogen (secondary N) is 2. The maximum atomic E-state index is 5.88. The molecule has 3 unspecified atom stereocenters. The Labute approximate surface area is 176 Å². The topological polar surface area (TPSA) is 58.5 Å². The molecule has 3 atom stereocenters. The molecule has 5 nitrogen and oxygen atoms in total. The van der Waals surface area contributed by atoms with Gasteiger partial charge in [-0.3, -0.25) is 4.99 Å². The Morgan fingerprint density at radius 1 is 1.52 bits per heavy atom. The van der Waals surface area contributed by atoms with E-state index in [0.717, 1.165) is 48.6 Å². The van der Waals surface area contributed by atoms with Crippen molar-refractivity contribution in [2.24, 2.45) is 16.3 Å². The van der Waals surface area contributed by atoms with Gasteiger partial charge in [0.2, 0.25) is 0 Å². The normalized spacial score (nSPS) is 27.2. The number of ether oxygens (including phenoxy) is 1. The summed E-state index contributed by atoms with van der Waals surface area (Å²) in [5.74, 6) is 2.63. The first-order valence-electron chi connectivity index (χ1n) is 8.81. The molecule has 2 aliphatic rings. The Morgan fingerprint density at radius 2 is 2.36 bits per heavy atom. The molecule has 2 N–H and O–H groups in total. The third-order valence-corrected chi connectivity index (χ3v) is 7.00. The van der Waals surface area contributed by atoms with E-state index in [1.165, 1.54) is 0 Å². The van der Waals surface area contributed by atoms with Crippen molar-refractivity contribution in [2.45, 2.75) is 50.1 Å². The number of thioether (sulfide) groups is 1. The van der Waals surface area contributed by atoms with Crippen LogP contribution in [-0.4, -0.2) is 48.5 Å². The van der Waals surface area contributed by atoms with Gasteiger partial charge in [-0.05, 0) is 19.8 Å². The lowest BCUT2D eigenvalue weighted by molar-refractivity contribution is -0.106. The highest BCUT2D eigenvalue weighted by Gasteiger charge is 2.59. The Balaban J connectivity index is 0.00000225. The fourth-order valence-corrected chi connectivity index (χ4v) is 5.41. The second kappa shape index (κ2) is 9.75. The van der Waals surface area contributed by atoms with E-state index in [0.29, 0.717) is 18.1 Å². The summed E-state index contributed by atoms with van der Waals surface area (Å²) in [5.41, 5.74) is 0.179. The van der Waals surface area contributed by atoms with Gasteiger partial charge in [0.15, 0.2) is 5.96 Å². The molecule has 2 heterocycles. The second-order valence-electron chi connectivity index (χ2n) is 6.95. The molecule has 1 aromatic rings. The number of halogens is 1.